The SMILES string of the molecule is C#CCC(NC(=O)N1CCN(C)C(=O)C1)C(=O)O. The monoisotopic (exact) mass is 253 g/mol. The quantitative estimate of drug-likeness (QED) is 0.628. The summed E-state index contributed by atoms with van der Waals surface area (Å²) in [7, 11) is 1.65. The van der Waals surface area contributed by atoms with E-state index in [0.29, 0.717) is 13.1 Å². The Kier molecular flexibility index (Phi) is 4.54. The third kappa shape index (κ3) is 3.38. The summed E-state index contributed by atoms with van der Waals surface area (Å²) in [4.78, 5) is 36.8. The highest BCUT2D eigenvalue weighted by Gasteiger charge is 2.27. The van der Waals surface area contributed by atoms with Gasteiger partial charge in [0.1, 0.15) is 12.6 Å². The average Bonchev–Trinajstić information content (AvgIpc) is 2.31. The molecule has 1 fully saturated rings. The maximum absolute atomic E-state index is 11.8. The predicted octanol–water partition coefficient (Wildman–Crippen LogP) is -1.05. The van der Waals surface area contributed by atoms with Crippen molar-refractivity contribution in [2.45, 2.75) is 12.5 Å². The van der Waals surface area contributed by atoms with Gasteiger partial charge in [-0.15, -0.1) is 12.3 Å². The molecule has 0 radical (unpaired) electrons. The van der Waals surface area contributed by atoms with Gasteiger partial charge in [0.05, 0.1) is 0 Å². The Morgan fingerprint density at radius 1 is 1.56 bits per heavy atom. The van der Waals surface area contributed by atoms with Crippen LogP contribution in [0.1, 0.15) is 6.42 Å². The molecule has 18 heavy (non-hydrogen) atoms. The van der Waals surface area contributed by atoms with E-state index in [1.54, 1.807) is 7.05 Å². The number of piperazine rings is 1. The molecule has 98 valence electrons. The number of hydrogen-bond acceptors (Lipinski definition) is 3. The number of nitrogens with one attached hydrogen (secondary N) is 1. The number of carboxylic acids is 1. The molecule has 7 heteroatoms. The Labute approximate surface area is 105 Å². The van der Waals surface area contributed by atoms with E-state index in [0.717, 1.165) is 0 Å². The molecule has 0 bridgehead atoms. The van der Waals surface area contributed by atoms with Crippen LogP contribution in [0.3, 0.4) is 0 Å². The van der Waals surface area contributed by atoms with E-state index in [1.165, 1.54) is 9.80 Å². The second-order valence-corrected chi connectivity index (χ2v) is 3.99. The van der Waals surface area contributed by atoms with Crippen LogP contribution in [0.25, 0.3) is 0 Å². The maximum atomic E-state index is 11.8. The maximum Gasteiger partial charge on any atom is 0.327 e. The second kappa shape index (κ2) is 5.91. The first-order valence-corrected chi connectivity index (χ1v) is 5.41. The van der Waals surface area contributed by atoms with Crippen molar-refractivity contribution in [2.75, 3.05) is 26.7 Å². The number of aliphatic carboxylic acids is 1. The van der Waals surface area contributed by atoms with Gasteiger partial charge in [-0.3, -0.25) is 4.79 Å². The third-order valence-corrected chi connectivity index (χ3v) is 2.66. The summed E-state index contributed by atoms with van der Waals surface area (Å²) < 4.78 is 0. The van der Waals surface area contributed by atoms with Crippen molar-refractivity contribution in [1.82, 2.24) is 15.1 Å². The van der Waals surface area contributed by atoms with Gasteiger partial charge in [-0.05, 0) is 0 Å². The minimum atomic E-state index is -1.19. The molecule has 0 aliphatic carbocycles. The number of hydrogen-bond donors (Lipinski definition) is 2. The first-order chi connectivity index (χ1) is 8.45. The number of carbonyl (C=O) groups is 3. The number of nitrogens with zero attached hydrogens (tertiary/aromatic N) is 2. The van der Waals surface area contributed by atoms with Crippen molar-refractivity contribution in [3.63, 3.8) is 0 Å². The number of urea groups is 1. The lowest BCUT2D eigenvalue weighted by atomic mass is 10.2. The molecular weight excluding hydrogens is 238 g/mol. The molecular formula is C11H15N3O4. The van der Waals surface area contributed by atoms with E-state index in [-0.39, 0.29) is 18.9 Å². The molecule has 1 heterocycles. The summed E-state index contributed by atoms with van der Waals surface area (Å²) in [5.41, 5.74) is 0. The fourth-order valence-electron chi connectivity index (χ4n) is 1.49. The first-order valence-electron chi connectivity index (χ1n) is 5.41. The number of amides is 3. The Hall–Kier alpha value is -2.23. The van der Waals surface area contributed by atoms with Crippen molar-refractivity contribution in [3.05, 3.63) is 0 Å². The zero-order chi connectivity index (χ0) is 13.7. The molecule has 0 spiro atoms. The standard InChI is InChI=1S/C11H15N3O4/c1-3-4-8(10(16)17)12-11(18)14-6-5-13(2)9(15)7-14/h1,8H,4-7H2,2H3,(H,12,18)(H,16,17). The molecule has 0 aromatic rings. The molecule has 2 N–H and O–H groups in total. The van der Waals surface area contributed by atoms with Gasteiger partial charge in [0.15, 0.2) is 0 Å². The van der Waals surface area contributed by atoms with Crippen molar-refractivity contribution in [2.24, 2.45) is 0 Å². The fourth-order valence-corrected chi connectivity index (χ4v) is 1.49. The van der Waals surface area contributed by atoms with Crippen LogP contribution in [0.4, 0.5) is 4.79 Å². The van der Waals surface area contributed by atoms with Crippen LogP contribution < -0.4 is 5.32 Å². The van der Waals surface area contributed by atoms with Crippen LogP contribution in [-0.4, -0.2) is 65.5 Å². The van der Waals surface area contributed by atoms with Crippen LogP contribution in [0, 0.1) is 12.3 Å². The van der Waals surface area contributed by atoms with Crippen molar-refractivity contribution >= 4 is 17.9 Å². The summed E-state index contributed by atoms with van der Waals surface area (Å²) in [6.07, 6.45) is 4.93. The minimum Gasteiger partial charge on any atom is -0.480 e. The molecule has 7 nitrogen and oxygen atoms in total. The molecule has 1 aliphatic rings. The molecule has 1 atom stereocenters. The van der Waals surface area contributed by atoms with E-state index in [2.05, 4.69) is 11.2 Å². The molecule has 1 rings (SSSR count). The lowest BCUT2D eigenvalue weighted by molar-refractivity contribution is -0.139. The molecule has 3 amide bonds. The number of carbonyl (C=O) groups excluding carboxylic acids is 2. The van der Waals surface area contributed by atoms with Gasteiger partial charge in [0.25, 0.3) is 0 Å². The summed E-state index contributed by atoms with van der Waals surface area (Å²) in [6, 6.07) is -1.71. The van der Waals surface area contributed by atoms with Gasteiger partial charge in [0, 0.05) is 26.6 Å². The molecule has 1 aliphatic heterocycles. The Bertz CT molecular complexity index is 402. The predicted molar refractivity (Wildman–Crippen MR) is 62.6 cm³/mol. The van der Waals surface area contributed by atoms with Gasteiger partial charge in [-0.2, -0.15) is 0 Å². The Morgan fingerprint density at radius 3 is 2.72 bits per heavy atom. The highest BCUT2D eigenvalue weighted by molar-refractivity contribution is 5.87. The third-order valence-electron chi connectivity index (χ3n) is 2.66. The number of terminal acetylenes is 1. The fraction of sp³-hybridized carbons (Fsp3) is 0.545. The van der Waals surface area contributed by atoms with Gasteiger partial charge in [-0.1, -0.05) is 0 Å². The molecule has 0 saturated carbocycles. The topological polar surface area (TPSA) is 90.0 Å². The highest BCUT2D eigenvalue weighted by Crippen LogP contribution is 2.02. The zero-order valence-electron chi connectivity index (χ0n) is 10.0. The largest absolute Gasteiger partial charge is 0.480 e. The van der Waals surface area contributed by atoms with Crippen molar-refractivity contribution < 1.29 is 19.5 Å². The zero-order valence-corrected chi connectivity index (χ0v) is 10.0. The summed E-state index contributed by atoms with van der Waals surface area (Å²) in [5.74, 6) is 0.811. The van der Waals surface area contributed by atoms with E-state index in [9.17, 15) is 14.4 Å². The Morgan fingerprint density at radius 2 is 2.22 bits per heavy atom. The van der Waals surface area contributed by atoms with Crippen molar-refractivity contribution in [3.8, 4) is 12.3 Å². The normalized spacial score (nSPS) is 17.0. The average molecular weight is 253 g/mol. The number of rotatable bonds is 3. The summed E-state index contributed by atoms with van der Waals surface area (Å²) in [5, 5.41) is 11.1. The van der Waals surface area contributed by atoms with Crippen LogP contribution in [-0.2, 0) is 9.59 Å². The summed E-state index contributed by atoms with van der Waals surface area (Å²) in [6.45, 7) is 0.750. The molecule has 1 unspecified atom stereocenters. The first kappa shape index (κ1) is 13.8. The van der Waals surface area contributed by atoms with E-state index >= 15 is 0 Å². The van der Waals surface area contributed by atoms with E-state index in [4.69, 9.17) is 11.5 Å². The van der Waals surface area contributed by atoms with Crippen LogP contribution >= 0.6 is 0 Å². The number of carboxylic acid groups (broad SMARTS) is 1. The van der Waals surface area contributed by atoms with Gasteiger partial charge in [0.2, 0.25) is 5.91 Å². The smallest absolute Gasteiger partial charge is 0.327 e. The second-order valence-electron chi connectivity index (χ2n) is 3.99. The number of likely N-dealkylation sites (N-methyl/N-ethyl adjacent to an activating group) is 1. The van der Waals surface area contributed by atoms with Crippen LogP contribution in [0.2, 0.25) is 0 Å². The van der Waals surface area contributed by atoms with Gasteiger partial charge in [-0.25, -0.2) is 9.59 Å². The highest BCUT2D eigenvalue weighted by atomic mass is 16.4. The lowest BCUT2D eigenvalue weighted by Crippen LogP contribution is -2.55. The lowest BCUT2D eigenvalue weighted by Gasteiger charge is -2.32. The molecule has 0 aromatic carbocycles. The molecule has 0 aromatic heterocycles. The van der Waals surface area contributed by atoms with Gasteiger partial charge < -0.3 is 20.2 Å². The molecule has 1 saturated heterocycles. The van der Waals surface area contributed by atoms with E-state index in [1.807, 2.05) is 0 Å². The van der Waals surface area contributed by atoms with Gasteiger partial charge >= 0.3 is 12.0 Å². The summed E-state index contributed by atoms with van der Waals surface area (Å²) >= 11 is 0. The van der Waals surface area contributed by atoms with E-state index < -0.39 is 18.0 Å². The van der Waals surface area contributed by atoms with Crippen LogP contribution in [0.15, 0.2) is 0 Å². The van der Waals surface area contributed by atoms with Crippen LogP contribution in [0.5, 0.6) is 0 Å². The minimum absolute atomic E-state index is 0.0509. The van der Waals surface area contributed by atoms with Crippen molar-refractivity contribution in [1.29, 1.82) is 0 Å². The Balaban J connectivity index is 2.57.